The molecule has 0 bridgehead atoms. The number of piperazine rings is 1. The van der Waals surface area contributed by atoms with Crippen LogP contribution >= 0.6 is 27.5 Å². The average molecular weight is 461 g/mol. The summed E-state index contributed by atoms with van der Waals surface area (Å²) in [6, 6.07) is 13.2. The number of H-pyrrole nitrogens is 1. The zero-order valence-corrected chi connectivity index (χ0v) is 17.5. The molecule has 2 aromatic carbocycles. The summed E-state index contributed by atoms with van der Waals surface area (Å²) in [6.07, 6.45) is 2.26. The normalized spacial score (nSPS) is 14.5. The maximum atomic E-state index is 12.8. The molecule has 1 fully saturated rings. The molecule has 0 radical (unpaired) electrons. The van der Waals surface area contributed by atoms with Gasteiger partial charge in [-0.05, 0) is 29.8 Å². The molecule has 0 aliphatic carbocycles. The third-order valence-corrected chi connectivity index (χ3v) is 5.92. The molecular weight excluding hydrogens is 442 g/mol. The third kappa shape index (κ3) is 3.80. The van der Waals surface area contributed by atoms with Gasteiger partial charge in [0.1, 0.15) is 0 Å². The third-order valence-electron chi connectivity index (χ3n) is 5.09. The Morgan fingerprint density at radius 1 is 1.04 bits per heavy atom. The Morgan fingerprint density at radius 2 is 1.75 bits per heavy atom. The van der Waals surface area contributed by atoms with Gasteiger partial charge in [-0.3, -0.25) is 9.59 Å². The van der Waals surface area contributed by atoms with E-state index in [4.69, 9.17) is 11.6 Å². The zero-order chi connectivity index (χ0) is 19.7. The Morgan fingerprint density at radius 3 is 2.54 bits per heavy atom. The summed E-state index contributed by atoms with van der Waals surface area (Å²) in [5, 5.41) is 1.51. The van der Waals surface area contributed by atoms with Gasteiger partial charge in [0.15, 0.2) is 0 Å². The first-order valence-electron chi connectivity index (χ1n) is 9.10. The Hall–Kier alpha value is -2.31. The second-order valence-electron chi connectivity index (χ2n) is 6.83. The van der Waals surface area contributed by atoms with E-state index in [1.54, 1.807) is 23.1 Å². The second kappa shape index (κ2) is 7.97. The lowest BCUT2D eigenvalue weighted by atomic mass is 10.1. The molecule has 0 unspecified atom stereocenters. The van der Waals surface area contributed by atoms with Gasteiger partial charge in [0, 0.05) is 47.8 Å². The number of hydrogen-bond acceptors (Lipinski definition) is 2. The number of carbonyl (C=O) groups is 2. The topological polar surface area (TPSA) is 56.4 Å². The van der Waals surface area contributed by atoms with Crippen molar-refractivity contribution in [2.45, 2.75) is 6.42 Å². The number of hydrogen-bond donors (Lipinski definition) is 1. The molecular formula is C21H19BrClN3O2. The predicted octanol–water partition coefficient (Wildman–Crippen LogP) is 4.11. The van der Waals surface area contributed by atoms with Crippen molar-refractivity contribution in [1.29, 1.82) is 0 Å². The van der Waals surface area contributed by atoms with Crippen molar-refractivity contribution in [3.63, 3.8) is 0 Å². The van der Waals surface area contributed by atoms with Crippen molar-refractivity contribution in [2.24, 2.45) is 0 Å². The van der Waals surface area contributed by atoms with Gasteiger partial charge in [-0.2, -0.15) is 0 Å². The highest BCUT2D eigenvalue weighted by Crippen LogP contribution is 2.23. The molecule has 2 heterocycles. The quantitative estimate of drug-likeness (QED) is 0.639. The summed E-state index contributed by atoms with van der Waals surface area (Å²) in [6.45, 7) is 2.06. The van der Waals surface area contributed by atoms with E-state index in [-0.39, 0.29) is 11.8 Å². The second-order valence-corrected chi connectivity index (χ2v) is 8.16. The first kappa shape index (κ1) is 19.0. The molecule has 1 aromatic heterocycles. The molecule has 2 amide bonds. The Kier molecular flexibility index (Phi) is 5.42. The van der Waals surface area contributed by atoms with Crippen LogP contribution in [0.2, 0.25) is 5.02 Å². The van der Waals surface area contributed by atoms with Crippen molar-refractivity contribution in [3.05, 3.63) is 69.3 Å². The monoisotopic (exact) mass is 459 g/mol. The lowest BCUT2D eigenvalue weighted by Gasteiger charge is -2.35. The van der Waals surface area contributed by atoms with Crippen molar-refractivity contribution in [2.75, 3.05) is 26.2 Å². The lowest BCUT2D eigenvalue weighted by molar-refractivity contribution is -0.131. The summed E-state index contributed by atoms with van der Waals surface area (Å²) < 4.78 is 0.813. The summed E-state index contributed by atoms with van der Waals surface area (Å²) >= 11 is 9.56. The summed E-state index contributed by atoms with van der Waals surface area (Å²) in [4.78, 5) is 32.3. The maximum absolute atomic E-state index is 12.8. The fourth-order valence-electron chi connectivity index (χ4n) is 3.54. The number of aromatic amines is 1. The number of fused-ring (bicyclic) bond motifs is 1. The number of nitrogens with one attached hydrogen (secondary N) is 1. The van der Waals surface area contributed by atoms with Gasteiger partial charge in [0.25, 0.3) is 5.91 Å². The first-order valence-corrected chi connectivity index (χ1v) is 10.3. The van der Waals surface area contributed by atoms with Gasteiger partial charge in [0.05, 0.1) is 17.0 Å². The van der Waals surface area contributed by atoms with E-state index in [1.807, 2.05) is 35.4 Å². The largest absolute Gasteiger partial charge is 0.361 e. The van der Waals surface area contributed by atoms with Gasteiger partial charge < -0.3 is 14.8 Å². The van der Waals surface area contributed by atoms with E-state index >= 15 is 0 Å². The van der Waals surface area contributed by atoms with Gasteiger partial charge in [-0.15, -0.1) is 0 Å². The van der Waals surface area contributed by atoms with Crippen LogP contribution in [0.25, 0.3) is 10.9 Å². The van der Waals surface area contributed by atoms with E-state index in [0.717, 1.165) is 20.9 Å². The van der Waals surface area contributed by atoms with E-state index in [2.05, 4.69) is 20.9 Å². The van der Waals surface area contributed by atoms with Crippen LogP contribution in [0.4, 0.5) is 0 Å². The van der Waals surface area contributed by atoms with Gasteiger partial charge in [-0.1, -0.05) is 45.7 Å². The van der Waals surface area contributed by atoms with Crippen LogP contribution < -0.4 is 0 Å². The van der Waals surface area contributed by atoms with E-state index < -0.39 is 0 Å². The fraction of sp³-hybridized carbons (Fsp3) is 0.238. The first-order chi connectivity index (χ1) is 13.5. The Labute approximate surface area is 176 Å². The molecule has 0 spiro atoms. The zero-order valence-electron chi connectivity index (χ0n) is 15.1. The van der Waals surface area contributed by atoms with Crippen LogP contribution in [-0.2, 0) is 11.2 Å². The molecule has 28 heavy (non-hydrogen) atoms. The number of aromatic nitrogens is 1. The standard InChI is InChI=1S/C21H19BrClN3O2/c22-15-5-6-18(23)17(12-15)21(28)26-9-7-25(8-10-26)20(27)11-14-13-24-19-4-2-1-3-16(14)19/h1-6,12-13,24H,7-11H2. The minimum atomic E-state index is -0.102. The number of amides is 2. The molecule has 144 valence electrons. The lowest BCUT2D eigenvalue weighted by Crippen LogP contribution is -2.51. The van der Waals surface area contributed by atoms with E-state index in [1.165, 1.54) is 0 Å². The minimum absolute atomic E-state index is 0.0809. The average Bonchev–Trinajstić information content (AvgIpc) is 3.12. The van der Waals surface area contributed by atoms with Crippen LogP contribution in [0.1, 0.15) is 15.9 Å². The highest BCUT2D eigenvalue weighted by Gasteiger charge is 2.26. The molecule has 1 N–H and O–H groups in total. The van der Waals surface area contributed by atoms with E-state index in [9.17, 15) is 9.59 Å². The molecule has 1 saturated heterocycles. The molecule has 0 saturated carbocycles. The van der Waals surface area contributed by atoms with Crippen LogP contribution in [0.3, 0.4) is 0 Å². The minimum Gasteiger partial charge on any atom is -0.361 e. The number of nitrogens with zero attached hydrogens (tertiary/aromatic N) is 2. The van der Waals surface area contributed by atoms with Gasteiger partial charge in [0.2, 0.25) is 5.91 Å². The Balaban J connectivity index is 1.39. The van der Waals surface area contributed by atoms with Crippen molar-refractivity contribution in [1.82, 2.24) is 14.8 Å². The fourth-order valence-corrected chi connectivity index (χ4v) is 4.10. The SMILES string of the molecule is O=C(Cc1c[nH]c2ccccc12)N1CCN(C(=O)c2cc(Br)ccc2Cl)CC1. The molecule has 5 nitrogen and oxygen atoms in total. The molecule has 1 aliphatic heterocycles. The maximum Gasteiger partial charge on any atom is 0.255 e. The number of para-hydroxylation sites is 1. The molecule has 1 aliphatic rings. The van der Waals surface area contributed by atoms with Crippen molar-refractivity contribution in [3.8, 4) is 0 Å². The van der Waals surface area contributed by atoms with Crippen LogP contribution in [0.15, 0.2) is 53.1 Å². The van der Waals surface area contributed by atoms with Crippen LogP contribution in [-0.4, -0.2) is 52.8 Å². The van der Waals surface area contributed by atoms with E-state index in [0.29, 0.717) is 43.2 Å². The van der Waals surface area contributed by atoms with Crippen LogP contribution in [0, 0.1) is 0 Å². The van der Waals surface area contributed by atoms with Gasteiger partial charge in [-0.25, -0.2) is 0 Å². The number of rotatable bonds is 3. The Bertz CT molecular complexity index is 1040. The highest BCUT2D eigenvalue weighted by atomic mass is 79.9. The number of halogens is 2. The smallest absolute Gasteiger partial charge is 0.255 e. The summed E-state index contributed by atoms with van der Waals surface area (Å²) in [7, 11) is 0. The molecule has 7 heteroatoms. The number of benzene rings is 2. The number of carbonyl (C=O) groups excluding carboxylic acids is 2. The van der Waals surface area contributed by atoms with Crippen LogP contribution in [0.5, 0.6) is 0 Å². The van der Waals surface area contributed by atoms with Crippen molar-refractivity contribution >= 4 is 50.2 Å². The summed E-state index contributed by atoms with van der Waals surface area (Å²) in [5.74, 6) is -0.0210. The molecule has 3 aromatic rings. The molecule has 0 atom stereocenters. The van der Waals surface area contributed by atoms with Crippen molar-refractivity contribution < 1.29 is 9.59 Å². The van der Waals surface area contributed by atoms with Gasteiger partial charge >= 0.3 is 0 Å². The summed E-state index contributed by atoms with van der Waals surface area (Å²) in [5.41, 5.74) is 2.52. The molecule has 4 rings (SSSR count). The predicted molar refractivity (Wildman–Crippen MR) is 114 cm³/mol. The highest BCUT2D eigenvalue weighted by molar-refractivity contribution is 9.10.